The second-order valence-corrected chi connectivity index (χ2v) is 5.94. The van der Waals surface area contributed by atoms with Crippen LogP contribution in [0.5, 0.6) is 11.5 Å². The lowest BCUT2D eigenvalue weighted by molar-refractivity contribution is 0.175. The normalized spacial score (nSPS) is 11.4. The molecule has 0 fully saturated rings. The van der Waals surface area contributed by atoms with Crippen molar-refractivity contribution < 1.29 is 19.4 Å². The fourth-order valence-electron chi connectivity index (χ4n) is 2.36. The van der Waals surface area contributed by atoms with E-state index in [1.807, 2.05) is 43.3 Å². The zero-order valence-electron chi connectivity index (χ0n) is 15.4. The quantitative estimate of drug-likeness (QED) is 0.708. The molecule has 0 aromatic heterocycles. The Labute approximate surface area is 153 Å². The first-order valence-electron chi connectivity index (χ1n) is 8.16. The van der Waals surface area contributed by atoms with Gasteiger partial charge >= 0.3 is 6.03 Å². The minimum Gasteiger partial charge on any atom is -0.497 e. The molecule has 2 aromatic rings. The maximum atomic E-state index is 12.1. The highest BCUT2D eigenvalue weighted by atomic mass is 16.5. The predicted octanol–water partition coefficient (Wildman–Crippen LogP) is 2.62. The number of carbonyl (C=O) groups excluding carboxylic acids is 1. The molecule has 0 bridgehead atoms. The van der Waals surface area contributed by atoms with E-state index in [9.17, 15) is 9.90 Å². The molecule has 2 aromatic carbocycles. The number of benzene rings is 2. The third kappa shape index (κ3) is 5.29. The summed E-state index contributed by atoms with van der Waals surface area (Å²) in [6, 6.07) is 12.2. The minimum absolute atomic E-state index is 0.0915. The van der Waals surface area contributed by atoms with Crippen LogP contribution in [0.2, 0.25) is 0 Å². The number of urea groups is 1. The van der Waals surface area contributed by atoms with Crippen LogP contribution in [0.1, 0.15) is 11.7 Å². The summed E-state index contributed by atoms with van der Waals surface area (Å²) in [5, 5.41) is 15.6. The predicted molar refractivity (Wildman–Crippen MR) is 102 cm³/mol. The van der Waals surface area contributed by atoms with Crippen molar-refractivity contribution in [1.29, 1.82) is 0 Å². The largest absolute Gasteiger partial charge is 0.497 e. The van der Waals surface area contributed by atoms with E-state index in [1.165, 1.54) is 14.2 Å². The SMILES string of the molecule is COc1cc(NC(=O)NC[C@H](O)c2ccc(N(C)C)cc2)cc(OC)c1. The molecule has 0 aliphatic carbocycles. The molecule has 140 valence electrons. The molecule has 0 saturated carbocycles. The summed E-state index contributed by atoms with van der Waals surface area (Å²) in [5.41, 5.74) is 2.31. The van der Waals surface area contributed by atoms with Gasteiger partial charge in [0.15, 0.2) is 0 Å². The Morgan fingerprint density at radius 1 is 1.08 bits per heavy atom. The molecular weight excluding hydrogens is 334 g/mol. The molecule has 7 nitrogen and oxygen atoms in total. The van der Waals surface area contributed by atoms with Crippen LogP contribution in [-0.4, -0.2) is 46.0 Å². The van der Waals surface area contributed by atoms with Gasteiger partial charge in [0, 0.05) is 50.2 Å². The van der Waals surface area contributed by atoms with Crippen LogP contribution in [0, 0.1) is 0 Å². The molecule has 26 heavy (non-hydrogen) atoms. The molecule has 0 saturated heterocycles. The zero-order valence-corrected chi connectivity index (χ0v) is 15.4. The summed E-state index contributed by atoms with van der Waals surface area (Å²) in [5.74, 6) is 1.14. The van der Waals surface area contributed by atoms with Crippen molar-refractivity contribution in [3.63, 3.8) is 0 Å². The van der Waals surface area contributed by atoms with Crippen LogP contribution in [0.15, 0.2) is 42.5 Å². The molecule has 0 heterocycles. The minimum atomic E-state index is -0.795. The van der Waals surface area contributed by atoms with Crippen molar-refractivity contribution >= 4 is 17.4 Å². The van der Waals surface area contributed by atoms with Crippen LogP contribution in [0.4, 0.5) is 16.2 Å². The van der Waals surface area contributed by atoms with Gasteiger partial charge in [-0.15, -0.1) is 0 Å². The van der Waals surface area contributed by atoms with Crippen LogP contribution >= 0.6 is 0 Å². The van der Waals surface area contributed by atoms with Crippen molar-refractivity contribution in [3.05, 3.63) is 48.0 Å². The second kappa shape index (κ2) is 8.96. The van der Waals surface area contributed by atoms with E-state index in [-0.39, 0.29) is 6.54 Å². The van der Waals surface area contributed by atoms with Crippen LogP contribution < -0.4 is 25.0 Å². The molecule has 2 amide bonds. The first-order chi connectivity index (χ1) is 12.4. The van der Waals surface area contributed by atoms with Crippen molar-refractivity contribution in [3.8, 4) is 11.5 Å². The Morgan fingerprint density at radius 3 is 2.15 bits per heavy atom. The van der Waals surface area contributed by atoms with Crippen LogP contribution in [-0.2, 0) is 0 Å². The number of carbonyl (C=O) groups is 1. The number of hydrogen-bond donors (Lipinski definition) is 3. The molecule has 3 N–H and O–H groups in total. The maximum absolute atomic E-state index is 12.1. The first kappa shape index (κ1) is 19.4. The molecular formula is C19H25N3O4. The summed E-state index contributed by atoms with van der Waals surface area (Å²) >= 11 is 0. The van der Waals surface area contributed by atoms with Gasteiger partial charge in [-0.2, -0.15) is 0 Å². The van der Waals surface area contributed by atoms with Gasteiger partial charge in [0.1, 0.15) is 11.5 Å². The van der Waals surface area contributed by atoms with Gasteiger partial charge in [-0.05, 0) is 17.7 Å². The smallest absolute Gasteiger partial charge is 0.319 e. The van der Waals surface area contributed by atoms with Crippen molar-refractivity contribution in [2.24, 2.45) is 0 Å². The van der Waals surface area contributed by atoms with E-state index < -0.39 is 12.1 Å². The molecule has 0 aliphatic heterocycles. The van der Waals surface area contributed by atoms with E-state index in [1.54, 1.807) is 18.2 Å². The van der Waals surface area contributed by atoms with E-state index in [2.05, 4.69) is 10.6 Å². The highest BCUT2D eigenvalue weighted by Crippen LogP contribution is 2.25. The molecule has 1 atom stereocenters. The van der Waals surface area contributed by atoms with Gasteiger partial charge in [0.25, 0.3) is 0 Å². The number of aliphatic hydroxyl groups excluding tert-OH is 1. The summed E-state index contributed by atoms with van der Waals surface area (Å²) in [4.78, 5) is 14.0. The Kier molecular flexibility index (Phi) is 6.68. The van der Waals surface area contributed by atoms with Crippen LogP contribution in [0.25, 0.3) is 0 Å². The lowest BCUT2D eigenvalue weighted by Gasteiger charge is -2.16. The molecule has 0 radical (unpaired) electrons. The van der Waals surface area contributed by atoms with Gasteiger partial charge in [0.05, 0.1) is 20.3 Å². The van der Waals surface area contributed by atoms with E-state index >= 15 is 0 Å². The number of anilines is 2. The molecule has 2 rings (SSSR count). The van der Waals surface area contributed by atoms with Gasteiger partial charge in [-0.3, -0.25) is 0 Å². The van der Waals surface area contributed by atoms with Crippen molar-refractivity contribution in [2.75, 3.05) is 45.1 Å². The third-order valence-corrected chi connectivity index (χ3v) is 3.86. The van der Waals surface area contributed by atoms with Gasteiger partial charge < -0.3 is 30.1 Å². The number of hydrogen-bond acceptors (Lipinski definition) is 5. The fourth-order valence-corrected chi connectivity index (χ4v) is 2.36. The number of methoxy groups -OCH3 is 2. The highest BCUT2D eigenvalue weighted by molar-refractivity contribution is 5.89. The Balaban J connectivity index is 1.91. The van der Waals surface area contributed by atoms with E-state index in [4.69, 9.17) is 9.47 Å². The fraction of sp³-hybridized carbons (Fsp3) is 0.316. The van der Waals surface area contributed by atoms with Crippen molar-refractivity contribution in [1.82, 2.24) is 5.32 Å². The van der Waals surface area contributed by atoms with E-state index in [0.29, 0.717) is 17.2 Å². The zero-order chi connectivity index (χ0) is 19.1. The average Bonchev–Trinajstić information content (AvgIpc) is 2.65. The summed E-state index contributed by atoms with van der Waals surface area (Å²) in [7, 11) is 6.98. The lowest BCUT2D eigenvalue weighted by atomic mass is 10.1. The van der Waals surface area contributed by atoms with Gasteiger partial charge in [-0.25, -0.2) is 4.79 Å². The molecule has 7 heteroatoms. The highest BCUT2D eigenvalue weighted by Gasteiger charge is 2.11. The first-order valence-corrected chi connectivity index (χ1v) is 8.16. The topological polar surface area (TPSA) is 83.1 Å². The Bertz CT molecular complexity index is 710. The van der Waals surface area contributed by atoms with Crippen LogP contribution in [0.3, 0.4) is 0 Å². The number of nitrogens with one attached hydrogen (secondary N) is 2. The lowest BCUT2D eigenvalue weighted by Crippen LogP contribution is -2.32. The monoisotopic (exact) mass is 359 g/mol. The summed E-state index contributed by atoms with van der Waals surface area (Å²) in [6.07, 6.45) is -0.795. The second-order valence-electron chi connectivity index (χ2n) is 5.94. The number of ether oxygens (including phenoxy) is 2. The molecule has 0 aliphatic rings. The van der Waals surface area contributed by atoms with Crippen molar-refractivity contribution in [2.45, 2.75) is 6.10 Å². The van der Waals surface area contributed by atoms with Gasteiger partial charge in [0.2, 0.25) is 0 Å². The number of nitrogens with zero attached hydrogens (tertiary/aromatic N) is 1. The molecule has 0 spiro atoms. The standard InChI is InChI=1S/C19H25N3O4/c1-22(2)15-7-5-13(6-8-15)18(23)12-20-19(24)21-14-9-16(25-3)11-17(10-14)26-4/h5-11,18,23H,12H2,1-4H3,(H2,20,21,24)/t18-/m0/s1. The summed E-state index contributed by atoms with van der Waals surface area (Å²) < 4.78 is 10.3. The third-order valence-electron chi connectivity index (χ3n) is 3.86. The Morgan fingerprint density at radius 2 is 1.65 bits per heavy atom. The Hall–Kier alpha value is -2.93. The number of amides is 2. The van der Waals surface area contributed by atoms with E-state index in [0.717, 1.165) is 11.3 Å². The van der Waals surface area contributed by atoms with Gasteiger partial charge in [-0.1, -0.05) is 12.1 Å². The number of rotatable bonds is 7. The number of aliphatic hydroxyl groups is 1. The maximum Gasteiger partial charge on any atom is 0.319 e. The molecule has 0 unspecified atom stereocenters. The summed E-state index contributed by atoms with van der Waals surface area (Å²) in [6.45, 7) is 0.0915. The average molecular weight is 359 g/mol.